The Morgan fingerprint density at radius 3 is 2.81 bits per heavy atom. The van der Waals surface area contributed by atoms with Crippen molar-refractivity contribution in [1.82, 2.24) is 4.90 Å². The summed E-state index contributed by atoms with van der Waals surface area (Å²) in [5.41, 5.74) is 0.820. The Kier molecular flexibility index (Phi) is 5.23. The molecule has 3 heterocycles. The third kappa shape index (κ3) is 4.04. The second-order valence-corrected chi connectivity index (χ2v) is 7.99. The van der Waals surface area contributed by atoms with E-state index in [-0.39, 0.29) is 12.5 Å². The first-order chi connectivity index (χ1) is 13.2. The Labute approximate surface area is 162 Å². The molecule has 1 spiro atoms. The maximum Gasteiger partial charge on any atom is 0.253 e. The average molecular weight is 383 g/mol. The maximum atomic E-state index is 12.5. The molecule has 2 aliphatic heterocycles. The molecule has 0 saturated carbocycles. The lowest BCUT2D eigenvalue weighted by atomic mass is 10.0. The first kappa shape index (κ1) is 18.1. The van der Waals surface area contributed by atoms with E-state index in [1.54, 1.807) is 28.4 Å². The van der Waals surface area contributed by atoms with Crippen LogP contribution in [0.5, 0.6) is 0 Å². The van der Waals surface area contributed by atoms with Gasteiger partial charge in [0.25, 0.3) is 5.91 Å². The zero-order valence-electron chi connectivity index (χ0n) is 15.0. The van der Waals surface area contributed by atoms with Crippen LogP contribution in [0.4, 0.5) is 5.69 Å². The Hall–Kier alpha value is -2.24. The molecule has 2 aliphatic rings. The predicted molar refractivity (Wildman–Crippen MR) is 103 cm³/mol. The van der Waals surface area contributed by atoms with E-state index in [0.29, 0.717) is 31.9 Å². The van der Waals surface area contributed by atoms with Gasteiger partial charge < -0.3 is 14.4 Å². The molecule has 2 saturated heterocycles. The highest BCUT2D eigenvalue weighted by atomic mass is 32.1. The van der Waals surface area contributed by atoms with E-state index in [9.17, 15) is 4.79 Å². The fourth-order valence-electron chi connectivity index (χ4n) is 3.59. The van der Waals surface area contributed by atoms with Gasteiger partial charge in [0.1, 0.15) is 12.2 Å². The molecule has 2 fully saturated rings. The fourth-order valence-corrected chi connectivity index (χ4v) is 4.34. The molecular formula is C20H21N3O3S. The SMILES string of the molecule is N#Cc1ccc(N2C[C@@]3(COCCN(Cc4cccs4)C3)OCC2=O)cc1. The molecule has 1 aromatic heterocycles. The van der Waals surface area contributed by atoms with Crippen LogP contribution in [-0.4, -0.2) is 55.9 Å². The molecule has 1 aromatic carbocycles. The standard InChI is InChI=1S/C20H21N3O3S/c21-10-16-3-5-17(6-4-16)23-14-20(26-12-19(23)24)13-22(7-8-25-15-20)11-18-2-1-9-27-18/h1-6,9H,7-8,11-15H2/t20-/m0/s1. The van der Waals surface area contributed by atoms with Crippen molar-refractivity contribution in [2.45, 2.75) is 12.1 Å². The highest BCUT2D eigenvalue weighted by Gasteiger charge is 2.43. The monoisotopic (exact) mass is 383 g/mol. The van der Waals surface area contributed by atoms with E-state index in [1.165, 1.54) is 4.88 Å². The van der Waals surface area contributed by atoms with Crippen LogP contribution in [0.25, 0.3) is 0 Å². The Morgan fingerprint density at radius 1 is 1.22 bits per heavy atom. The van der Waals surface area contributed by atoms with E-state index in [0.717, 1.165) is 18.8 Å². The molecule has 0 aliphatic carbocycles. The van der Waals surface area contributed by atoms with Crippen LogP contribution >= 0.6 is 11.3 Å². The molecule has 0 N–H and O–H groups in total. The number of hydrogen-bond acceptors (Lipinski definition) is 6. The minimum atomic E-state index is -0.546. The minimum absolute atomic E-state index is 0.0379. The Balaban J connectivity index is 1.53. The number of morpholine rings is 1. The number of nitriles is 1. The number of carbonyl (C=O) groups is 1. The molecule has 1 amide bonds. The third-order valence-electron chi connectivity index (χ3n) is 4.95. The van der Waals surface area contributed by atoms with Crippen molar-refractivity contribution in [2.75, 3.05) is 44.4 Å². The number of carbonyl (C=O) groups excluding carboxylic acids is 1. The number of thiophene rings is 1. The van der Waals surface area contributed by atoms with E-state index in [2.05, 4.69) is 28.5 Å². The summed E-state index contributed by atoms with van der Waals surface area (Å²) in [6.45, 7) is 4.01. The van der Waals surface area contributed by atoms with Gasteiger partial charge in [-0.05, 0) is 35.7 Å². The fraction of sp³-hybridized carbons (Fsp3) is 0.400. The zero-order valence-corrected chi connectivity index (χ0v) is 15.8. The number of hydrogen-bond donors (Lipinski definition) is 0. The first-order valence-corrected chi connectivity index (χ1v) is 9.82. The number of benzene rings is 1. The molecule has 1 atom stereocenters. The zero-order chi connectivity index (χ0) is 18.7. The highest BCUT2D eigenvalue weighted by Crippen LogP contribution is 2.28. The van der Waals surface area contributed by atoms with Crippen molar-refractivity contribution < 1.29 is 14.3 Å². The van der Waals surface area contributed by atoms with Crippen LogP contribution < -0.4 is 4.90 Å². The molecule has 7 heteroatoms. The minimum Gasteiger partial charge on any atom is -0.377 e. The van der Waals surface area contributed by atoms with E-state index < -0.39 is 5.60 Å². The molecular weight excluding hydrogens is 362 g/mol. The first-order valence-electron chi connectivity index (χ1n) is 8.94. The molecule has 27 heavy (non-hydrogen) atoms. The van der Waals surface area contributed by atoms with Gasteiger partial charge >= 0.3 is 0 Å². The molecule has 140 valence electrons. The lowest BCUT2D eigenvalue weighted by molar-refractivity contribution is -0.146. The van der Waals surface area contributed by atoms with Crippen molar-refractivity contribution in [2.24, 2.45) is 0 Å². The van der Waals surface area contributed by atoms with Gasteiger partial charge in [-0.25, -0.2) is 0 Å². The summed E-state index contributed by atoms with van der Waals surface area (Å²) < 4.78 is 11.9. The molecule has 6 nitrogen and oxygen atoms in total. The van der Waals surface area contributed by atoms with Crippen molar-refractivity contribution in [3.8, 4) is 6.07 Å². The maximum absolute atomic E-state index is 12.5. The normalized spacial score (nSPS) is 24.0. The lowest BCUT2D eigenvalue weighted by Crippen LogP contribution is -2.60. The summed E-state index contributed by atoms with van der Waals surface area (Å²) in [4.78, 5) is 17.9. The number of rotatable bonds is 3. The van der Waals surface area contributed by atoms with E-state index in [4.69, 9.17) is 14.7 Å². The molecule has 0 radical (unpaired) electrons. The van der Waals surface area contributed by atoms with Gasteiger partial charge in [0.15, 0.2) is 0 Å². The van der Waals surface area contributed by atoms with Gasteiger partial charge in [-0.15, -0.1) is 11.3 Å². The van der Waals surface area contributed by atoms with Crippen molar-refractivity contribution in [3.63, 3.8) is 0 Å². The molecule has 0 unspecified atom stereocenters. The summed E-state index contributed by atoms with van der Waals surface area (Å²) in [6, 6.07) is 13.4. The van der Waals surface area contributed by atoms with Crippen LogP contribution in [-0.2, 0) is 20.8 Å². The lowest BCUT2D eigenvalue weighted by Gasteiger charge is -2.43. The topological polar surface area (TPSA) is 65.8 Å². The number of amides is 1. The smallest absolute Gasteiger partial charge is 0.253 e. The number of ether oxygens (including phenoxy) is 2. The average Bonchev–Trinajstić information content (AvgIpc) is 3.12. The second kappa shape index (κ2) is 7.79. The predicted octanol–water partition coefficient (Wildman–Crippen LogP) is 2.25. The van der Waals surface area contributed by atoms with E-state index >= 15 is 0 Å². The van der Waals surface area contributed by atoms with E-state index in [1.807, 2.05) is 12.1 Å². The summed E-state index contributed by atoms with van der Waals surface area (Å²) in [5.74, 6) is -0.0700. The van der Waals surface area contributed by atoms with Crippen LogP contribution in [0.15, 0.2) is 41.8 Å². The van der Waals surface area contributed by atoms with Gasteiger partial charge in [0, 0.05) is 30.2 Å². The largest absolute Gasteiger partial charge is 0.377 e. The second-order valence-electron chi connectivity index (χ2n) is 6.95. The van der Waals surface area contributed by atoms with Crippen LogP contribution in [0.3, 0.4) is 0 Å². The Morgan fingerprint density at radius 2 is 2.07 bits per heavy atom. The molecule has 2 aromatic rings. The van der Waals surface area contributed by atoms with Gasteiger partial charge in [0.2, 0.25) is 0 Å². The quantitative estimate of drug-likeness (QED) is 0.813. The van der Waals surface area contributed by atoms with Crippen LogP contribution in [0.1, 0.15) is 10.4 Å². The number of anilines is 1. The molecule has 0 bridgehead atoms. The molecule has 4 rings (SSSR count). The van der Waals surface area contributed by atoms with Crippen molar-refractivity contribution in [3.05, 3.63) is 52.2 Å². The Bertz CT molecular complexity index is 831. The summed E-state index contributed by atoms with van der Waals surface area (Å²) in [5, 5.41) is 11.1. The van der Waals surface area contributed by atoms with Crippen LogP contribution in [0.2, 0.25) is 0 Å². The number of nitrogens with zero attached hydrogens (tertiary/aromatic N) is 3. The van der Waals surface area contributed by atoms with Crippen LogP contribution in [0, 0.1) is 11.3 Å². The highest BCUT2D eigenvalue weighted by molar-refractivity contribution is 7.09. The van der Waals surface area contributed by atoms with Gasteiger partial charge in [0.05, 0.1) is 31.4 Å². The summed E-state index contributed by atoms with van der Waals surface area (Å²) in [6.07, 6.45) is 0. The van der Waals surface area contributed by atoms with Gasteiger partial charge in [-0.3, -0.25) is 9.69 Å². The van der Waals surface area contributed by atoms with Crippen molar-refractivity contribution >= 4 is 22.9 Å². The summed E-state index contributed by atoms with van der Waals surface area (Å²) >= 11 is 1.75. The third-order valence-corrected chi connectivity index (χ3v) is 5.81. The van der Waals surface area contributed by atoms with Gasteiger partial charge in [-0.1, -0.05) is 6.07 Å². The summed E-state index contributed by atoms with van der Waals surface area (Å²) in [7, 11) is 0. The van der Waals surface area contributed by atoms with Crippen molar-refractivity contribution in [1.29, 1.82) is 5.26 Å². The van der Waals surface area contributed by atoms with Gasteiger partial charge in [-0.2, -0.15) is 5.26 Å².